The molecule has 9 heteroatoms. The van der Waals surface area contributed by atoms with E-state index in [0.717, 1.165) is 30.0 Å². The normalized spacial score (nSPS) is 18.6. The summed E-state index contributed by atoms with van der Waals surface area (Å²) in [5.74, 6) is -0.872. The zero-order chi connectivity index (χ0) is 23.3. The standard InChI is InChI=1S/C23H27ClN2O5S/c1-16-8-6-7-11-21(16)25-22(27)15-31-23(28)19-14-18(12-13-20(19)24)32(29,30)26(2)17-9-4-3-5-10-17/h3-5,9-10,12-14,16,21H,6-8,11,15H2,1-2H3,(H,25,27). The molecule has 1 amide bonds. The van der Waals surface area contributed by atoms with Crippen molar-refractivity contribution in [1.82, 2.24) is 5.32 Å². The van der Waals surface area contributed by atoms with Gasteiger partial charge in [0.05, 0.1) is 21.2 Å². The summed E-state index contributed by atoms with van der Waals surface area (Å²) in [5.41, 5.74) is 0.355. The maximum Gasteiger partial charge on any atom is 0.340 e. The first-order chi connectivity index (χ1) is 15.2. The Morgan fingerprint density at radius 3 is 2.50 bits per heavy atom. The molecule has 0 saturated heterocycles. The van der Waals surface area contributed by atoms with Crippen molar-refractivity contribution >= 4 is 39.2 Å². The lowest BCUT2D eigenvalue weighted by molar-refractivity contribution is -0.125. The Bertz CT molecular complexity index is 1080. The Kier molecular flexibility index (Phi) is 7.79. The Balaban J connectivity index is 1.69. The van der Waals surface area contributed by atoms with E-state index in [1.165, 1.54) is 25.2 Å². The van der Waals surface area contributed by atoms with Gasteiger partial charge in [-0.15, -0.1) is 0 Å². The highest BCUT2D eigenvalue weighted by Gasteiger charge is 2.26. The van der Waals surface area contributed by atoms with Crippen molar-refractivity contribution < 1.29 is 22.7 Å². The number of anilines is 1. The number of amides is 1. The lowest BCUT2D eigenvalue weighted by atomic mass is 9.86. The highest BCUT2D eigenvalue weighted by atomic mass is 35.5. The zero-order valence-corrected chi connectivity index (χ0v) is 19.7. The minimum atomic E-state index is -3.93. The highest BCUT2D eigenvalue weighted by molar-refractivity contribution is 7.92. The van der Waals surface area contributed by atoms with Gasteiger partial charge >= 0.3 is 5.97 Å². The van der Waals surface area contributed by atoms with E-state index in [2.05, 4.69) is 12.2 Å². The SMILES string of the molecule is CC1CCCCC1NC(=O)COC(=O)c1cc(S(=O)(=O)N(C)c2ccccc2)ccc1Cl. The number of nitrogens with one attached hydrogen (secondary N) is 1. The van der Waals surface area contributed by atoms with Crippen molar-refractivity contribution in [3.63, 3.8) is 0 Å². The Hall–Kier alpha value is -2.58. The van der Waals surface area contributed by atoms with Crippen LogP contribution in [0.1, 0.15) is 43.0 Å². The fourth-order valence-electron chi connectivity index (χ4n) is 3.74. The molecule has 2 unspecified atom stereocenters. The maximum absolute atomic E-state index is 13.0. The average molecular weight is 479 g/mol. The van der Waals surface area contributed by atoms with Crippen LogP contribution in [0.15, 0.2) is 53.4 Å². The molecule has 0 heterocycles. The number of carbonyl (C=O) groups is 2. The molecule has 1 aliphatic carbocycles. The minimum Gasteiger partial charge on any atom is -0.452 e. The second kappa shape index (κ2) is 10.4. The first-order valence-corrected chi connectivity index (χ1v) is 12.3. The van der Waals surface area contributed by atoms with E-state index in [1.54, 1.807) is 30.3 Å². The largest absolute Gasteiger partial charge is 0.452 e. The van der Waals surface area contributed by atoms with E-state index in [4.69, 9.17) is 16.3 Å². The number of esters is 1. The summed E-state index contributed by atoms with van der Waals surface area (Å²) in [5, 5.41) is 2.95. The number of carbonyl (C=O) groups excluding carboxylic acids is 2. The van der Waals surface area contributed by atoms with E-state index < -0.39 is 22.6 Å². The quantitative estimate of drug-likeness (QED) is 0.607. The Labute approximate surface area is 193 Å². The van der Waals surface area contributed by atoms with Crippen molar-refractivity contribution in [2.75, 3.05) is 18.0 Å². The molecule has 0 aromatic heterocycles. The topological polar surface area (TPSA) is 92.8 Å². The number of sulfonamides is 1. The van der Waals surface area contributed by atoms with Gasteiger partial charge in [0.2, 0.25) is 0 Å². The van der Waals surface area contributed by atoms with Crippen molar-refractivity contribution in [2.24, 2.45) is 5.92 Å². The fourth-order valence-corrected chi connectivity index (χ4v) is 5.16. The Morgan fingerprint density at radius 2 is 1.81 bits per heavy atom. The Morgan fingerprint density at radius 1 is 1.12 bits per heavy atom. The molecule has 2 aromatic carbocycles. The molecule has 2 aromatic rings. The number of halogens is 1. The van der Waals surface area contributed by atoms with E-state index in [-0.39, 0.29) is 27.4 Å². The van der Waals surface area contributed by atoms with Gasteiger partial charge in [-0.25, -0.2) is 13.2 Å². The average Bonchev–Trinajstić information content (AvgIpc) is 2.79. The fraction of sp³-hybridized carbons (Fsp3) is 0.391. The highest BCUT2D eigenvalue weighted by Crippen LogP contribution is 2.26. The molecule has 0 radical (unpaired) electrons. The predicted octanol–water partition coefficient (Wildman–Crippen LogP) is 4.02. The summed E-state index contributed by atoms with van der Waals surface area (Å²) in [6.07, 6.45) is 4.17. The second-order valence-electron chi connectivity index (χ2n) is 7.96. The van der Waals surface area contributed by atoms with Crippen LogP contribution in [0.25, 0.3) is 0 Å². The summed E-state index contributed by atoms with van der Waals surface area (Å²) in [6.45, 7) is 1.63. The van der Waals surface area contributed by atoms with Gasteiger partial charge in [0.25, 0.3) is 15.9 Å². The number of nitrogens with zero attached hydrogens (tertiary/aromatic N) is 1. The van der Waals surface area contributed by atoms with Crippen LogP contribution in [-0.2, 0) is 19.6 Å². The molecule has 1 aliphatic rings. The molecule has 0 aliphatic heterocycles. The van der Waals surface area contributed by atoms with E-state index >= 15 is 0 Å². The summed E-state index contributed by atoms with van der Waals surface area (Å²) >= 11 is 6.12. The van der Waals surface area contributed by atoms with E-state index in [0.29, 0.717) is 11.6 Å². The first kappa shape index (κ1) is 24.1. The smallest absolute Gasteiger partial charge is 0.340 e. The lowest BCUT2D eigenvalue weighted by Crippen LogP contribution is -2.42. The predicted molar refractivity (Wildman–Crippen MR) is 123 cm³/mol. The number of para-hydroxylation sites is 1. The van der Waals surface area contributed by atoms with Gasteiger partial charge < -0.3 is 10.1 Å². The van der Waals surface area contributed by atoms with Gasteiger partial charge in [0.1, 0.15) is 0 Å². The molecule has 172 valence electrons. The van der Waals surface area contributed by atoms with Crippen molar-refractivity contribution in [2.45, 2.75) is 43.5 Å². The van der Waals surface area contributed by atoms with E-state index in [1.807, 2.05) is 0 Å². The number of hydrogen-bond donors (Lipinski definition) is 1. The molecule has 1 N–H and O–H groups in total. The molecular weight excluding hydrogens is 452 g/mol. The van der Waals surface area contributed by atoms with Crippen LogP contribution >= 0.6 is 11.6 Å². The summed E-state index contributed by atoms with van der Waals surface area (Å²) in [6, 6.07) is 12.4. The molecule has 32 heavy (non-hydrogen) atoms. The van der Waals surface area contributed by atoms with Crippen LogP contribution in [0, 0.1) is 5.92 Å². The van der Waals surface area contributed by atoms with Gasteiger partial charge in [0, 0.05) is 13.1 Å². The zero-order valence-electron chi connectivity index (χ0n) is 18.1. The summed E-state index contributed by atoms with van der Waals surface area (Å²) in [7, 11) is -2.51. The molecule has 0 bridgehead atoms. The van der Waals surface area contributed by atoms with Crippen LogP contribution in [-0.4, -0.2) is 40.0 Å². The van der Waals surface area contributed by atoms with Crippen molar-refractivity contribution in [3.8, 4) is 0 Å². The monoisotopic (exact) mass is 478 g/mol. The molecule has 0 spiro atoms. The maximum atomic E-state index is 13.0. The third-order valence-electron chi connectivity index (χ3n) is 5.73. The minimum absolute atomic E-state index is 0.0395. The van der Waals surface area contributed by atoms with Gasteiger partial charge in [-0.05, 0) is 49.1 Å². The summed E-state index contributed by atoms with van der Waals surface area (Å²) < 4.78 is 32.2. The van der Waals surface area contributed by atoms with Gasteiger partial charge in [-0.2, -0.15) is 0 Å². The van der Waals surface area contributed by atoms with Crippen LogP contribution in [0.3, 0.4) is 0 Å². The molecular formula is C23H27ClN2O5S. The van der Waals surface area contributed by atoms with Crippen molar-refractivity contribution in [3.05, 3.63) is 59.1 Å². The van der Waals surface area contributed by atoms with Gasteiger partial charge in [-0.3, -0.25) is 9.10 Å². The lowest BCUT2D eigenvalue weighted by Gasteiger charge is -2.29. The second-order valence-corrected chi connectivity index (χ2v) is 10.3. The third-order valence-corrected chi connectivity index (χ3v) is 7.84. The molecule has 7 nitrogen and oxygen atoms in total. The first-order valence-electron chi connectivity index (χ1n) is 10.5. The molecule has 1 saturated carbocycles. The van der Waals surface area contributed by atoms with Crippen molar-refractivity contribution in [1.29, 1.82) is 0 Å². The van der Waals surface area contributed by atoms with Crippen LogP contribution in [0.2, 0.25) is 5.02 Å². The third kappa shape index (κ3) is 5.61. The van der Waals surface area contributed by atoms with Gasteiger partial charge in [-0.1, -0.05) is 49.6 Å². The van der Waals surface area contributed by atoms with Gasteiger partial charge in [0.15, 0.2) is 6.61 Å². The number of rotatable bonds is 7. The molecule has 2 atom stereocenters. The number of ether oxygens (including phenoxy) is 1. The van der Waals surface area contributed by atoms with Crippen LogP contribution in [0.4, 0.5) is 5.69 Å². The number of benzene rings is 2. The van der Waals surface area contributed by atoms with Crippen LogP contribution < -0.4 is 9.62 Å². The number of hydrogen-bond acceptors (Lipinski definition) is 5. The van der Waals surface area contributed by atoms with Crippen LogP contribution in [0.5, 0.6) is 0 Å². The van der Waals surface area contributed by atoms with E-state index in [9.17, 15) is 18.0 Å². The summed E-state index contributed by atoms with van der Waals surface area (Å²) in [4.78, 5) is 24.7. The molecule has 3 rings (SSSR count). The molecule has 1 fully saturated rings.